The number of benzene rings is 3. The third-order valence-corrected chi connectivity index (χ3v) is 7.09. The molecule has 3 aromatic carbocycles. The van der Waals surface area contributed by atoms with Crippen molar-refractivity contribution >= 4 is 18.4 Å². The van der Waals surface area contributed by atoms with Crippen molar-refractivity contribution in [3.05, 3.63) is 89.5 Å². The molecule has 0 saturated heterocycles. The van der Waals surface area contributed by atoms with E-state index in [-0.39, 0.29) is 48.4 Å². The molecule has 0 aliphatic carbocycles. The normalized spacial score (nSPS) is 13.7. The first-order chi connectivity index (χ1) is 26.9. The van der Waals surface area contributed by atoms with Crippen LogP contribution < -0.4 is 46.3 Å². The monoisotopic (exact) mass is 903 g/mol. The van der Waals surface area contributed by atoms with Crippen LogP contribution in [0.5, 0.6) is 17.2 Å². The van der Waals surface area contributed by atoms with Crippen LogP contribution in [0.2, 0.25) is 0 Å². The Bertz CT molecular complexity index is 1650. The maximum absolute atomic E-state index is 11.6. The minimum atomic E-state index is -1.06. The number of aromatic hydroxyl groups is 2. The summed E-state index contributed by atoms with van der Waals surface area (Å²) in [5.74, 6) is 1.10. The first kappa shape index (κ1) is 60.8. The maximum atomic E-state index is 11.6. The van der Waals surface area contributed by atoms with E-state index in [1.807, 2.05) is 12.1 Å². The van der Waals surface area contributed by atoms with E-state index in [9.17, 15) is 34.8 Å². The van der Waals surface area contributed by atoms with E-state index in [2.05, 4.69) is 10.1 Å². The van der Waals surface area contributed by atoms with E-state index in [0.29, 0.717) is 5.56 Å². The molecule has 0 unspecified atom stereocenters. The van der Waals surface area contributed by atoms with Crippen LogP contribution in [0.4, 0.5) is 14.4 Å². The Morgan fingerprint density at radius 2 is 0.836 bits per heavy atom. The fourth-order valence-electron chi connectivity index (χ4n) is 4.22. The Hall–Kier alpha value is -4.55. The minimum Gasteiger partial charge on any atom is -1.00 e. The number of hydrogen-bond donors (Lipinski definition) is 8. The largest absolute Gasteiger partial charge is 1.00 e. The summed E-state index contributed by atoms with van der Waals surface area (Å²) < 4.78 is 23.9. The number of nitrogens with one attached hydrogen (secondary N) is 1. The average molecular weight is 905 g/mol. The fraction of sp³-hybridized carbons (Fsp3) is 0.512. The van der Waals surface area contributed by atoms with Crippen LogP contribution in [0, 0.1) is 0 Å². The van der Waals surface area contributed by atoms with E-state index in [1.54, 1.807) is 127 Å². The highest BCUT2D eigenvalue weighted by Gasteiger charge is 2.25. The van der Waals surface area contributed by atoms with Gasteiger partial charge in [-0.05, 0) is 136 Å². The standard InChI is InChI=1S/C14H21NO4.C10H15NO2.C10H18O5.C9H13NO2.2ClH/c1-9(15-13(18)19-14(2,3)4)12(17)10-5-7-11(16)8-6-10;1-7(11)10(12)8-3-5-9(13-2)6-4-8;1-9(2,3)14-7(11)13-8(12)15-10(4,5)6;1-6(10)9(12)7-2-4-8(11)5-3-7;;/h5-9,12,16-17H,1-4H3,(H,15,18);3-7,10,12H,11H2,1-2H3;1-6H3;2-6,9,11-12H,10H2,1H3;2*1H/p-2/t9-,12+;7-,10+;;6-,9+;;/m00.0../s1. The van der Waals surface area contributed by atoms with E-state index in [4.69, 9.17) is 35.5 Å². The van der Waals surface area contributed by atoms with Crippen molar-refractivity contribution < 1.29 is 88.4 Å². The van der Waals surface area contributed by atoms with E-state index < -0.39 is 59.6 Å². The lowest BCUT2D eigenvalue weighted by Gasteiger charge is -2.24. The highest BCUT2D eigenvalue weighted by molar-refractivity contribution is 5.77. The summed E-state index contributed by atoms with van der Waals surface area (Å²) in [6, 6.07) is 18.7. The number of amides is 1. The van der Waals surface area contributed by atoms with Gasteiger partial charge < -0.3 is 90.8 Å². The number of halogens is 2. The molecule has 1 amide bonds. The van der Waals surface area contributed by atoms with Gasteiger partial charge in [-0.2, -0.15) is 0 Å². The number of nitrogens with two attached hydrogens (primary N) is 2. The molecule has 0 bridgehead atoms. The lowest BCUT2D eigenvalue weighted by molar-refractivity contribution is -0.0295. The maximum Gasteiger partial charge on any atom is 0.519 e. The number of methoxy groups -OCH3 is 1. The number of ether oxygens (including phenoxy) is 5. The molecule has 61 heavy (non-hydrogen) atoms. The second-order valence-corrected chi connectivity index (χ2v) is 16.5. The molecule has 0 aliphatic heterocycles. The summed E-state index contributed by atoms with van der Waals surface area (Å²) >= 11 is 0. The van der Waals surface area contributed by atoms with Crippen LogP contribution in [0.15, 0.2) is 72.8 Å². The van der Waals surface area contributed by atoms with Crippen LogP contribution in [0.1, 0.15) is 118 Å². The van der Waals surface area contributed by atoms with Gasteiger partial charge in [0.05, 0.1) is 31.5 Å². The number of alkyl carbamates (subject to hydrolysis) is 1. The van der Waals surface area contributed by atoms with Gasteiger partial charge in [0.2, 0.25) is 0 Å². The lowest BCUT2D eigenvalue weighted by atomic mass is 10.0. The molecule has 0 fully saturated rings. The molecule has 18 heteroatoms. The number of rotatable bonds is 8. The summed E-state index contributed by atoms with van der Waals surface area (Å²) in [7, 11) is 1.61. The molecule has 10 N–H and O–H groups in total. The topological polar surface area (TPSA) is 263 Å². The number of aliphatic hydroxyl groups is 3. The van der Waals surface area contributed by atoms with Crippen molar-refractivity contribution in [1.82, 2.24) is 5.32 Å². The van der Waals surface area contributed by atoms with Crippen molar-refractivity contribution in [1.29, 1.82) is 0 Å². The first-order valence-electron chi connectivity index (χ1n) is 18.8. The van der Waals surface area contributed by atoms with Gasteiger partial charge in [0, 0.05) is 12.1 Å². The Kier molecular flexibility index (Phi) is 28.0. The Morgan fingerprint density at radius 1 is 0.541 bits per heavy atom. The van der Waals surface area contributed by atoms with Gasteiger partial charge in [-0.1, -0.05) is 36.4 Å². The molecule has 6 atom stereocenters. The Balaban J connectivity index is -0.000000738. The first-order valence-corrected chi connectivity index (χ1v) is 18.8. The lowest BCUT2D eigenvalue weighted by Crippen LogP contribution is -3.00. The quantitative estimate of drug-likeness (QED) is 0.0894. The summed E-state index contributed by atoms with van der Waals surface area (Å²) in [4.78, 5) is 33.6. The zero-order chi connectivity index (χ0) is 45.9. The molecule has 0 aromatic heterocycles. The van der Waals surface area contributed by atoms with Crippen molar-refractivity contribution in [2.24, 2.45) is 11.5 Å². The number of phenols is 2. The van der Waals surface area contributed by atoms with Crippen molar-refractivity contribution in [2.75, 3.05) is 7.11 Å². The van der Waals surface area contributed by atoms with Crippen molar-refractivity contribution in [3.8, 4) is 17.2 Å². The average Bonchev–Trinajstić information content (AvgIpc) is 3.09. The highest BCUT2D eigenvalue weighted by Crippen LogP contribution is 2.21. The van der Waals surface area contributed by atoms with Gasteiger partial charge in [0.15, 0.2) is 0 Å². The fourth-order valence-corrected chi connectivity index (χ4v) is 4.22. The highest BCUT2D eigenvalue weighted by atomic mass is 35.5. The van der Waals surface area contributed by atoms with E-state index >= 15 is 0 Å². The van der Waals surface area contributed by atoms with Gasteiger partial charge in [-0.25, -0.2) is 14.4 Å². The summed E-state index contributed by atoms with van der Waals surface area (Å²) in [6.45, 7) is 20.5. The molecule has 0 spiro atoms. The van der Waals surface area contributed by atoms with Crippen molar-refractivity contribution in [3.63, 3.8) is 0 Å². The summed E-state index contributed by atoms with van der Waals surface area (Å²) in [5, 5.41) is 49.9. The van der Waals surface area contributed by atoms with Crippen LogP contribution in [-0.2, 0) is 18.9 Å². The summed E-state index contributed by atoms with van der Waals surface area (Å²) in [5.41, 5.74) is 11.2. The summed E-state index contributed by atoms with van der Waals surface area (Å²) in [6.07, 6.45) is -4.82. The number of carbonyl (C=O) groups excluding carboxylic acids is 3. The van der Waals surface area contributed by atoms with Crippen LogP contribution in [0.3, 0.4) is 0 Å². The van der Waals surface area contributed by atoms with Gasteiger partial charge >= 0.3 is 18.4 Å². The molecule has 16 nitrogen and oxygen atoms in total. The minimum absolute atomic E-state index is 0. The molecule has 0 heterocycles. The molecular weight excluding hydrogens is 837 g/mol. The van der Waals surface area contributed by atoms with Crippen LogP contribution >= 0.6 is 0 Å². The SMILES string of the molecule is CC(C)(C)OC(=O)OC(=O)OC(C)(C)C.COc1ccc([C@H](O)[C@H](C)N)cc1.C[C@H](N)[C@@H](O)c1ccc(O)cc1.C[C@H](NC(=O)OC(C)(C)C)[C@@H](O)c1ccc(O)cc1.[Cl-].[Cl-]. The van der Waals surface area contributed by atoms with Gasteiger partial charge in [-0.15, -0.1) is 0 Å². The molecular formula is C43H67Cl2N3O13-2. The second-order valence-electron chi connectivity index (χ2n) is 16.5. The number of phenolic OH excluding ortho intramolecular Hbond substituents is 2. The molecule has 348 valence electrons. The van der Waals surface area contributed by atoms with Gasteiger partial charge in [0.25, 0.3) is 0 Å². The van der Waals surface area contributed by atoms with Gasteiger partial charge in [-0.3, -0.25) is 0 Å². The predicted octanol–water partition coefficient (Wildman–Crippen LogP) is 1.07. The van der Waals surface area contributed by atoms with E-state index in [0.717, 1.165) is 16.9 Å². The van der Waals surface area contributed by atoms with Crippen LogP contribution in [-0.4, -0.2) is 86.0 Å². The molecule has 0 saturated carbocycles. The zero-order valence-corrected chi connectivity index (χ0v) is 38.8. The second kappa shape index (κ2) is 28.1. The number of aliphatic hydroxyl groups excluding tert-OH is 3. The Labute approximate surface area is 372 Å². The number of carbonyl (C=O) groups is 3. The number of hydrogen-bond acceptors (Lipinski definition) is 15. The zero-order valence-electron chi connectivity index (χ0n) is 37.3. The third kappa shape index (κ3) is 28.6. The molecule has 3 rings (SSSR count). The van der Waals surface area contributed by atoms with E-state index in [1.165, 1.54) is 24.3 Å². The molecule has 0 aliphatic rings. The van der Waals surface area contributed by atoms with Gasteiger partial charge in [0.1, 0.15) is 34.1 Å². The third-order valence-electron chi connectivity index (χ3n) is 7.09. The van der Waals surface area contributed by atoms with Crippen molar-refractivity contribution in [2.45, 2.75) is 136 Å². The predicted molar refractivity (Wildman–Crippen MR) is 224 cm³/mol. The van der Waals surface area contributed by atoms with Crippen LogP contribution in [0.25, 0.3) is 0 Å². The Morgan fingerprint density at radius 3 is 1.11 bits per heavy atom. The molecule has 0 radical (unpaired) electrons. The molecule has 3 aromatic rings. The smallest absolute Gasteiger partial charge is 0.519 e.